The number of ether oxygens (including phenoxy) is 1. The number of para-hydroxylation sites is 1. The van der Waals surface area contributed by atoms with Gasteiger partial charge in [-0.2, -0.15) is 0 Å². The van der Waals surface area contributed by atoms with Crippen LogP contribution >= 0.6 is 15.9 Å². The molecule has 1 aliphatic rings. The number of rotatable bonds is 3. The molecule has 0 saturated heterocycles. The highest BCUT2D eigenvalue weighted by Crippen LogP contribution is 2.34. The maximum absolute atomic E-state index is 12.6. The number of anilines is 1. The number of benzene rings is 2. The smallest absolute Gasteiger partial charge is 0.261 e. The molecule has 1 aliphatic heterocycles. The first-order valence-electron chi connectivity index (χ1n) is 7.36. The van der Waals surface area contributed by atoms with Crippen molar-refractivity contribution < 1.29 is 13.2 Å². The fourth-order valence-electron chi connectivity index (χ4n) is 2.55. The fourth-order valence-corrected chi connectivity index (χ4v) is 4.20. The number of hydrogen-bond acceptors (Lipinski definition) is 3. The van der Waals surface area contributed by atoms with Gasteiger partial charge in [0.1, 0.15) is 11.4 Å². The van der Waals surface area contributed by atoms with Gasteiger partial charge in [-0.25, -0.2) is 8.42 Å². The average Bonchev–Trinajstić information content (AvgIpc) is 2.48. The Hall–Kier alpha value is -1.53. The van der Waals surface area contributed by atoms with Gasteiger partial charge >= 0.3 is 0 Å². The normalized spacial score (nSPS) is 16.3. The number of fused-ring (bicyclic) bond motifs is 1. The van der Waals surface area contributed by atoms with Crippen molar-refractivity contribution in [2.45, 2.75) is 37.2 Å². The van der Waals surface area contributed by atoms with E-state index in [-0.39, 0.29) is 10.5 Å². The summed E-state index contributed by atoms with van der Waals surface area (Å²) in [6, 6.07) is 12.1. The summed E-state index contributed by atoms with van der Waals surface area (Å²) in [6.07, 6.45) is 1.67. The number of nitrogens with one attached hydrogen (secondary N) is 1. The minimum atomic E-state index is -3.63. The maximum Gasteiger partial charge on any atom is 0.261 e. The van der Waals surface area contributed by atoms with E-state index in [2.05, 4.69) is 20.7 Å². The van der Waals surface area contributed by atoms with Crippen molar-refractivity contribution in [1.82, 2.24) is 0 Å². The van der Waals surface area contributed by atoms with E-state index in [0.717, 1.165) is 24.2 Å². The van der Waals surface area contributed by atoms with Crippen molar-refractivity contribution in [2.75, 3.05) is 4.72 Å². The molecular formula is C17H18BrNO3S. The highest BCUT2D eigenvalue weighted by atomic mass is 79.9. The van der Waals surface area contributed by atoms with Gasteiger partial charge in [0.05, 0.1) is 10.6 Å². The number of aryl methyl sites for hydroxylation is 1. The first kappa shape index (κ1) is 16.3. The first-order valence-corrected chi connectivity index (χ1v) is 9.64. The molecule has 0 spiro atoms. The van der Waals surface area contributed by atoms with Crippen LogP contribution in [0.2, 0.25) is 0 Å². The van der Waals surface area contributed by atoms with Crippen LogP contribution in [0.4, 0.5) is 5.69 Å². The maximum atomic E-state index is 12.6. The lowest BCUT2D eigenvalue weighted by molar-refractivity contribution is 0.0845. The van der Waals surface area contributed by atoms with Gasteiger partial charge in [0.2, 0.25) is 0 Å². The Morgan fingerprint density at radius 1 is 1.17 bits per heavy atom. The van der Waals surface area contributed by atoms with E-state index < -0.39 is 10.0 Å². The van der Waals surface area contributed by atoms with Crippen LogP contribution in [-0.4, -0.2) is 14.0 Å². The van der Waals surface area contributed by atoms with Gasteiger partial charge in [0.15, 0.2) is 0 Å². The van der Waals surface area contributed by atoms with Crippen LogP contribution < -0.4 is 9.46 Å². The second kappa shape index (κ2) is 5.83. The monoisotopic (exact) mass is 395 g/mol. The van der Waals surface area contributed by atoms with Crippen LogP contribution in [0, 0.1) is 0 Å². The molecule has 2 aromatic carbocycles. The summed E-state index contributed by atoms with van der Waals surface area (Å²) in [7, 11) is -3.63. The van der Waals surface area contributed by atoms with Crippen LogP contribution in [0.3, 0.4) is 0 Å². The summed E-state index contributed by atoms with van der Waals surface area (Å²) < 4.78 is 34.4. The lowest BCUT2D eigenvalue weighted by atomic mass is 9.94. The van der Waals surface area contributed by atoms with Crippen LogP contribution in [0.1, 0.15) is 25.8 Å². The van der Waals surface area contributed by atoms with Gasteiger partial charge in [-0.15, -0.1) is 0 Å². The lowest BCUT2D eigenvalue weighted by Gasteiger charge is -2.32. The predicted molar refractivity (Wildman–Crippen MR) is 94.4 cm³/mol. The molecule has 0 atom stereocenters. The molecule has 1 heterocycles. The molecule has 0 aliphatic carbocycles. The molecule has 23 heavy (non-hydrogen) atoms. The minimum absolute atomic E-state index is 0.208. The van der Waals surface area contributed by atoms with Crippen LogP contribution in [0.5, 0.6) is 5.75 Å². The molecular weight excluding hydrogens is 378 g/mol. The molecule has 1 N–H and O–H groups in total. The lowest BCUT2D eigenvalue weighted by Crippen LogP contribution is -2.32. The third kappa shape index (κ3) is 3.53. The van der Waals surface area contributed by atoms with Crippen LogP contribution in [0.25, 0.3) is 0 Å². The Labute approximate surface area is 145 Å². The Kier molecular flexibility index (Phi) is 4.14. The zero-order valence-corrected chi connectivity index (χ0v) is 15.4. The molecule has 6 heteroatoms. The summed E-state index contributed by atoms with van der Waals surface area (Å²) in [5.74, 6) is 0.765. The van der Waals surface area contributed by atoms with E-state index in [1.165, 1.54) is 0 Å². The summed E-state index contributed by atoms with van der Waals surface area (Å²) in [6.45, 7) is 4.07. The summed E-state index contributed by atoms with van der Waals surface area (Å²) in [4.78, 5) is 0.246. The number of hydrogen-bond donors (Lipinski definition) is 1. The molecule has 0 aromatic heterocycles. The van der Waals surface area contributed by atoms with E-state index in [9.17, 15) is 8.42 Å². The molecule has 0 saturated carbocycles. The summed E-state index contributed by atoms with van der Waals surface area (Å²) in [5.41, 5.74) is 1.24. The molecule has 0 bridgehead atoms. The zero-order valence-electron chi connectivity index (χ0n) is 13.0. The largest absolute Gasteiger partial charge is 0.488 e. The zero-order chi connectivity index (χ0) is 16.7. The van der Waals surface area contributed by atoms with Crippen molar-refractivity contribution in [3.63, 3.8) is 0 Å². The Morgan fingerprint density at radius 2 is 1.91 bits per heavy atom. The Bertz CT molecular complexity index is 847. The fraction of sp³-hybridized carbons (Fsp3) is 0.294. The Morgan fingerprint density at radius 3 is 2.65 bits per heavy atom. The second-order valence-corrected chi connectivity index (χ2v) is 8.75. The van der Waals surface area contributed by atoms with E-state index in [4.69, 9.17) is 4.74 Å². The second-order valence-electron chi connectivity index (χ2n) is 6.22. The third-order valence-corrected chi connectivity index (χ3v) is 5.90. The van der Waals surface area contributed by atoms with Crippen LogP contribution in [-0.2, 0) is 16.4 Å². The van der Waals surface area contributed by atoms with Crippen LogP contribution in [0.15, 0.2) is 51.8 Å². The SMILES string of the molecule is CC1(C)CCc2cc(S(=O)(=O)Nc3ccccc3Br)ccc2O1. The molecule has 0 amide bonds. The van der Waals surface area contributed by atoms with Gasteiger partial charge in [-0.1, -0.05) is 12.1 Å². The van der Waals surface area contributed by atoms with Gasteiger partial charge in [0.25, 0.3) is 10.0 Å². The number of sulfonamides is 1. The van der Waals surface area contributed by atoms with E-state index in [1.807, 2.05) is 19.9 Å². The summed E-state index contributed by atoms with van der Waals surface area (Å²) in [5, 5.41) is 0. The Balaban J connectivity index is 1.91. The molecule has 0 unspecified atom stereocenters. The molecule has 122 valence electrons. The molecule has 3 rings (SSSR count). The van der Waals surface area contributed by atoms with Crippen molar-refractivity contribution in [3.05, 3.63) is 52.5 Å². The van der Waals surface area contributed by atoms with Crippen molar-refractivity contribution >= 4 is 31.6 Å². The van der Waals surface area contributed by atoms with Crippen molar-refractivity contribution in [2.24, 2.45) is 0 Å². The standard InChI is InChI=1S/C17H18BrNO3S/c1-17(2)10-9-12-11-13(7-8-16(12)22-17)23(20,21)19-15-6-4-3-5-14(15)18/h3-8,11,19H,9-10H2,1-2H3. The molecule has 2 aromatic rings. The highest BCUT2D eigenvalue weighted by Gasteiger charge is 2.27. The van der Waals surface area contributed by atoms with Crippen molar-refractivity contribution in [3.8, 4) is 5.75 Å². The van der Waals surface area contributed by atoms with Gasteiger partial charge in [-0.05, 0) is 78.5 Å². The van der Waals surface area contributed by atoms with Crippen molar-refractivity contribution in [1.29, 1.82) is 0 Å². The van der Waals surface area contributed by atoms with Gasteiger partial charge < -0.3 is 4.74 Å². The van der Waals surface area contributed by atoms with Gasteiger partial charge in [0, 0.05) is 4.47 Å². The number of halogens is 1. The minimum Gasteiger partial charge on any atom is -0.488 e. The first-order chi connectivity index (χ1) is 10.8. The van der Waals surface area contributed by atoms with E-state index in [1.54, 1.807) is 36.4 Å². The average molecular weight is 396 g/mol. The quantitative estimate of drug-likeness (QED) is 0.839. The van der Waals surface area contributed by atoms with E-state index >= 15 is 0 Å². The summed E-state index contributed by atoms with van der Waals surface area (Å²) >= 11 is 3.35. The van der Waals surface area contributed by atoms with E-state index in [0.29, 0.717) is 10.2 Å². The third-order valence-electron chi connectivity index (χ3n) is 3.84. The molecule has 0 radical (unpaired) electrons. The molecule has 4 nitrogen and oxygen atoms in total. The predicted octanol–water partition coefficient (Wildman–Crippen LogP) is 4.35. The topological polar surface area (TPSA) is 55.4 Å². The molecule has 0 fully saturated rings. The van der Waals surface area contributed by atoms with Gasteiger partial charge in [-0.3, -0.25) is 4.72 Å². The highest BCUT2D eigenvalue weighted by molar-refractivity contribution is 9.10.